The first kappa shape index (κ1) is 19.5. The topological polar surface area (TPSA) is 41.0 Å². The van der Waals surface area contributed by atoms with Gasteiger partial charge in [-0.25, -0.2) is 15.0 Å². The van der Waals surface area contributed by atoms with Gasteiger partial charge in [-0.1, -0.05) is 12.1 Å². The van der Waals surface area contributed by atoms with E-state index in [0.29, 0.717) is 0 Å². The molecule has 3 rings (SSSR count). The van der Waals surface area contributed by atoms with Gasteiger partial charge in [-0.2, -0.15) is 26.3 Å². The Kier molecular flexibility index (Phi) is 5.12. The molecule has 0 saturated carbocycles. The highest BCUT2D eigenvalue weighted by molar-refractivity contribution is 5.66. The molecule has 1 N–H and O–H groups in total. The molecule has 0 unspecified atom stereocenters. The number of nitrogens with one attached hydrogen (secondary N) is 1. The van der Waals surface area contributed by atoms with Gasteiger partial charge >= 0.3 is 12.4 Å². The van der Waals surface area contributed by atoms with E-state index in [4.69, 9.17) is 0 Å². The average molecular weight is 398 g/mol. The van der Waals surface area contributed by atoms with E-state index in [0.717, 1.165) is 29.3 Å². The fourth-order valence-electron chi connectivity index (χ4n) is 2.39. The van der Waals surface area contributed by atoms with Crippen LogP contribution in [0.3, 0.4) is 0 Å². The van der Waals surface area contributed by atoms with Gasteiger partial charge in [0.05, 0.1) is 22.5 Å². The minimum atomic E-state index is -4.58. The third kappa shape index (κ3) is 4.51. The monoisotopic (exact) mass is 398 g/mol. The predicted octanol–water partition coefficient (Wildman–Crippen LogP) is 5.68. The van der Waals surface area contributed by atoms with Gasteiger partial charge in [-0.15, -0.1) is 0 Å². The molecular formula is C18H12F6N4. The third-order valence-corrected chi connectivity index (χ3v) is 3.66. The highest BCUT2D eigenvalue weighted by Gasteiger charge is 2.32. The van der Waals surface area contributed by atoms with Crippen LogP contribution in [-0.2, 0) is 12.4 Å². The summed E-state index contributed by atoms with van der Waals surface area (Å²) in [4.78, 5) is 7.70. The van der Waals surface area contributed by atoms with E-state index in [2.05, 4.69) is 15.4 Å². The molecule has 0 fully saturated rings. The molecule has 0 bridgehead atoms. The van der Waals surface area contributed by atoms with Crippen molar-refractivity contribution in [1.82, 2.24) is 9.97 Å². The highest BCUT2D eigenvalue weighted by atomic mass is 19.4. The van der Waals surface area contributed by atoms with Crippen molar-refractivity contribution in [2.24, 2.45) is 0 Å². The van der Waals surface area contributed by atoms with Crippen LogP contribution < -0.4 is 10.4 Å². The van der Waals surface area contributed by atoms with Crippen molar-refractivity contribution in [3.63, 3.8) is 0 Å². The standard InChI is InChI=1S/C18H12F6N4/c19-17(20,21)12-3-1-5-14(9-12)27-28(16-7-8-25-11-26-16)15-6-2-4-13(10-15)18(22,23)24/h1-11,27H. The lowest BCUT2D eigenvalue weighted by Gasteiger charge is -2.26. The molecule has 1 heterocycles. The van der Waals surface area contributed by atoms with Gasteiger partial charge in [0.15, 0.2) is 5.82 Å². The summed E-state index contributed by atoms with van der Waals surface area (Å²) < 4.78 is 78.0. The number of benzene rings is 2. The summed E-state index contributed by atoms with van der Waals surface area (Å²) in [7, 11) is 0. The van der Waals surface area contributed by atoms with Gasteiger partial charge in [0.1, 0.15) is 6.33 Å². The number of nitrogens with zero attached hydrogens (tertiary/aromatic N) is 3. The Morgan fingerprint density at radius 3 is 2.04 bits per heavy atom. The Labute approximate surface area is 155 Å². The molecule has 1 aromatic heterocycles. The molecule has 0 atom stereocenters. The Bertz CT molecular complexity index is 941. The quantitative estimate of drug-likeness (QED) is 0.454. The summed E-state index contributed by atoms with van der Waals surface area (Å²) in [5, 5.41) is 1.15. The van der Waals surface area contributed by atoms with Crippen LogP contribution >= 0.6 is 0 Å². The maximum absolute atomic E-state index is 13.1. The lowest BCUT2D eigenvalue weighted by molar-refractivity contribution is -0.138. The van der Waals surface area contributed by atoms with Crippen LogP contribution in [0.5, 0.6) is 0 Å². The molecule has 4 nitrogen and oxygen atoms in total. The molecule has 0 aliphatic carbocycles. The SMILES string of the molecule is FC(F)(F)c1cccc(NN(c2cccc(C(F)(F)F)c2)c2ccncn2)c1. The second-order valence-corrected chi connectivity index (χ2v) is 5.64. The molecule has 28 heavy (non-hydrogen) atoms. The Morgan fingerprint density at radius 1 is 0.786 bits per heavy atom. The summed E-state index contributed by atoms with van der Waals surface area (Å²) in [6.07, 6.45) is -6.61. The van der Waals surface area contributed by atoms with Gasteiger partial charge in [0.2, 0.25) is 0 Å². The first-order valence-electron chi connectivity index (χ1n) is 7.82. The number of alkyl halides is 6. The van der Waals surface area contributed by atoms with Crippen LogP contribution in [0.4, 0.5) is 43.5 Å². The zero-order chi connectivity index (χ0) is 20.4. The van der Waals surface area contributed by atoms with Gasteiger partial charge < -0.3 is 0 Å². The molecular weight excluding hydrogens is 386 g/mol. The van der Waals surface area contributed by atoms with Crippen LogP contribution in [0.25, 0.3) is 0 Å². The number of aromatic nitrogens is 2. The van der Waals surface area contributed by atoms with Gasteiger partial charge in [0.25, 0.3) is 0 Å². The zero-order valence-electron chi connectivity index (χ0n) is 14.0. The number of rotatable bonds is 4. The first-order valence-corrected chi connectivity index (χ1v) is 7.82. The molecule has 0 amide bonds. The summed E-state index contributed by atoms with van der Waals surface area (Å²) >= 11 is 0. The van der Waals surface area contributed by atoms with Crippen LogP contribution in [-0.4, -0.2) is 9.97 Å². The number of anilines is 3. The molecule has 0 aliphatic rings. The third-order valence-electron chi connectivity index (χ3n) is 3.66. The van der Waals surface area contributed by atoms with Crippen molar-refractivity contribution < 1.29 is 26.3 Å². The van der Waals surface area contributed by atoms with Crippen LogP contribution in [0.2, 0.25) is 0 Å². The van der Waals surface area contributed by atoms with E-state index in [1.807, 2.05) is 0 Å². The van der Waals surface area contributed by atoms with E-state index in [-0.39, 0.29) is 17.2 Å². The number of hydrogen-bond acceptors (Lipinski definition) is 4. The molecule has 2 aromatic carbocycles. The summed E-state index contributed by atoms with van der Waals surface area (Å²) in [5.74, 6) is 0.145. The maximum Gasteiger partial charge on any atom is 0.416 e. The van der Waals surface area contributed by atoms with Crippen molar-refractivity contribution in [2.45, 2.75) is 12.4 Å². The van der Waals surface area contributed by atoms with Crippen LogP contribution in [0, 0.1) is 0 Å². The lowest BCUT2D eigenvalue weighted by Crippen LogP contribution is -2.26. The summed E-state index contributed by atoms with van der Waals surface area (Å²) in [6.45, 7) is 0. The predicted molar refractivity (Wildman–Crippen MR) is 90.7 cm³/mol. The minimum Gasteiger partial charge on any atom is -0.292 e. The van der Waals surface area contributed by atoms with Crippen molar-refractivity contribution in [2.75, 3.05) is 10.4 Å². The fourth-order valence-corrected chi connectivity index (χ4v) is 2.39. The summed E-state index contributed by atoms with van der Waals surface area (Å²) in [5.41, 5.74) is 0.925. The maximum atomic E-state index is 13.1. The zero-order valence-corrected chi connectivity index (χ0v) is 14.0. The van der Waals surface area contributed by atoms with Crippen molar-refractivity contribution in [1.29, 1.82) is 0 Å². The number of hydrogen-bond donors (Lipinski definition) is 1. The Morgan fingerprint density at radius 2 is 1.43 bits per heavy atom. The van der Waals surface area contributed by atoms with Gasteiger partial charge in [0, 0.05) is 12.3 Å². The fraction of sp³-hybridized carbons (Fsp3) is 0.111. The molecule has 3 aromatic rings. The molecule has 10 heteroatoms. The highest BCUT2D eigenvalue weighted by Crippen LogP contribution is 2.34. The van der Waals surface area contributed by atoms with Crippen LogP contribution in [0.15, 0.2) is 67.1 Å². The summed E-state index contributed by atoms with van der Waals surface area (Å²) in [6, 6.07) is 10.0. The van der Waals surface area contributed by atoms with Gasteiger partial charge in [-0.3, -0.25) is 5.43 Å². The Balaban J connectivity index is 2.03. The molecule has 0 radical (unpaired) electrons. The number of hydrazine groups is 1. The molecule has 146 valence electrons. The molecule has 0 saturated heterocycles. The van der Waals surface area contributed by atoms with Crippen molar-refractivity contribution >= 4 is 17.2 Å². The van der Waals surface area contributed by atoms with Gasteiger partial charge in [-0.05, 0) is 36.4 Å². The van der Waals surface area contributed by atoms with E-state index in [9.17, 15) is 26.3 Å². The first-order chi connectivity index (χ1) is 13.1. The largest absolute Gasteiger partial charge is 0.416 e. The molecule has 0 aliphatic heterocycles. The van der Waals surface area contributed by atoms with E-state index >= 15 is 0 Å². The van der Waals surface area contributed by atoms with E-state index in [1.54, 1.807) is 0 Å². The van der Waals surface area contributed by atoms with Crippen molar-refractivity contribution in [3.05, 3.63) is 78.2 Å². The second kappa shape index (κ2) is 7.37. The minimum absolute atomic E-state index is 0.0193. The molecule has 0 spiro atoms. The normalized spacial score (nSPS) is 11.9. The smallest absolute Gasteiger partial charge is 0.292 e. The average Bonchev–Trinajstić information content (AvgIpc) is 2.66. The number of halogens is 6. The second-order valence-electron chi connectivity index (χ2n) is 5.64. The lowest BCUT2D eigenvalue weighted by atomic mass is 10.2. The van der Waals surface area contributed by atoms with Crippen LogP contribution in [0.1, 0.15) is 11.1 Å². The van der Waals surface area contributed by atoms with Crippen molar-refractivity contribution in [3.8, 4) is 0 Å². The van der Waals surface area contributed by atoms with E-state index < -0.39 is 23.5 Å². The Hall–Kier alpha value is -3.30. The van der Waals surface area contributed by atoms with E-state index in [1.165, 1.54) is 42.9 Å².